The van der Waals surface area contributed by atoms with Crippen molar-refractivity contribution in [2.75, 3.05) is 45.1 Å². The first-order valence-corrected chi connectivity index (χ1v) is 9.16. The van der Waals surface area contributed by atoms with Gasteiger partial charge in [0.2, 0.25) is 6.10 Å². The molecule has 2 saturated heterocycles. The quantitative estimate of drug-likeness (QED) is 0.733. The first kappa shape index (κ1) is 17.8. The van der Waals surface area contributed by atoms with Crippen LogP contribution in [0.4, 0.5) is 4.79 Å². The Labute approximate surface area is 150 Å². The van der Waals surface area contributed by atoms with E-state index in [2.05, 4.69) is 0 Å². The maximum Gasteiger partial charge on any atom is 0.326 e. The van der Waals surface area contributed by atoms with E-state index in [0.717, 1.165) is 0 Å². The molecule has 0 saturated carbocycles. The van der Waals surface area contributed by atoms with Crippen LogP contribution >= 0.6 is 11.8 Å². The number of carbonyl (C=O) groups is 3. The summed E-state index contributed by atoms with van der Waals surface area (Å²) in [5.74, 6) is -0.169. The average Bonchev–Trinajstić information content (AvgIpc) is 3.05. The fourth-order valence-corrected chi connectivity index (χ4v) is 3.56. The van der Waals surface area contributed by atoms with Crippen molar-refractivity contribution in [1.29, 1.82) is 0 Å². The molecule has 0 aliphatic carbocycles. The van der Waals surface area contributed by atoms with E-state index in [1.165, 1.54) is 16.7 Å². The van der Waals surface area contributed by atoms with Crippen LogP contribution in [0.3, 0.4) is 0 Å². The molecule has 2 amide bonds. The van der Waals surface area contributed by atoms with Crippen LogP contribution < -0.4 is 0 Å². The summed E-state index contributed by atoms with van der Waals surface area (Å²) < 4.78 is 10.8. The molecule has 0 bridgehead atoms. The van der Waals surface area contributed by atoms with Crippen LogP contribution in [0.1, 0.15) is 11.7 Å². The predicted molar refractivity (Wildman–Crippen MR) is 92.1 cm³/mol. The minimum atomic E-state index is -1.00. The summed E-state index contributed by atoms with van der Waals surface area (Å²) in [5.41, 5.74) is 0.620. The molecule has 0 aromatic heterocycles. The van der Waals surface area contributed by atoms with Gasteiger partial charge in [-0.1, -0.05) is 42.1 Å². The van der Waals surface area contributed by atoms with Gasteiger partial charge in [-0.3, -0.25) is 14.4 Å². The predicted octanol–water partition coefficient (Wildman–Crippen LogP) is 1.30. The Morgan fingerprint density at radius 1 is 1.16 bits per heavy atom. The molecule has 0 unspecified atom stereocenters. The summed E-state index contributed by atoms with van der Waals surface area (Å²) in [7, 11) is 0. The Morgan fingerprint density at radius 2 is 1.88 bits per heavy atom. The molecule has 25 heavy (non-hydrogen) atoms. The van der Waals surface area contributed by atoms with E-state index >= 15 is 0 Å². The van der Waals surface area contributed by atoms with Gasteiger partial charge in [0, 0.05) is 31.0 Å². The fourth-order valence-electron chi connectivity index (χ4n) is 2.73. The lowest BCUT2D eigenvalue weighted by atomic mass is 10.1. The molecule has 3 rings (SSSR count). The van der Waals surface area contributed by atoms with E-state index in [9.17, 15) is 14.4 Å². The number of esters is 1. The maximum atomic E-state index is 12.8. The van der Waals surface area contributed by atoms with Crippen molar-refractivity contribution >= 4 is 28.9 Å². The Kier molecular flexibility index (Phi) is 5.93. The number of amides is 2. The number of carbonyl (C=O) groups excluding carboxylic acids is 3. The highest BCUT2D eigenvalue weighted by Gasteiger charge is 2.32. The highest BCUT2D eigenvalue weighted by atomic mass is 32.2. The van der Waals surface area contributed by atoms with E-state index in [1.807, 2.05) is 6.07 Å². The molecule has 1 aromatic rings. The zero-order valence-electron chi connectivity index (χ0n) is 13.8. The molecular formula is C17H20N2O5S. The second kappa shape index (κ2) is 8.35. The molecule has 1 atom stereocenters. The maximum absolute atomic E-state index is 12.8. The van der Waals surface area contributed by atoms with Crippen molar-refractivity contribution in [1.82, 2.24) is 9.80 Å². The number of morpholine rings is 1. The van der Waals surface area contributed by atoms with Gasteiger partial charge in [-0.2, -0.15) is 0 Å². The third kappa shape index (κ3) is 4.52. The number of nitrogens with zero attached hydrogens (tertiary/aromatic N) is 2. The van der Waals surface area contributed by atoms with Crippen LogP contribution in [0, 0.1) is 0 Å². The molecular weight excluding hydrogens is 344 g/mol. The molecule has 1 aromatic carbocycles. The minimum Gasteiger partial charge on any atom is -0.446 e. The van der Waals surface area contributed by atoms with Gasteiger partial charge in [0.05, 0.1) is 13.2 Å². The zero-order chi connectivity index (χ0) is 17.6. The topological polar surface area (TPSA) is 76.2 Å². The molecule has 2 aliphatic heterocycles. The van der Waals surface area contributed by atoms with Crippen LogP contribution in [0.2, 0.25) is 0 Å². The number of hydrogen-bond acceptors (Lipinski definition) is 6. The SMILES string of the molecule is O=C(CN1CCSC1=O)O[C@H](C(=O)N1CCOCC1)c1ccccc1. The van der Waals surface area contributed by atoms with Gasteiger partial charge < -0.3 is 19.3 Å². The van der Waals surface area contributed by atoms with Gasteiger partial charge in [-0.15, -0.1) is 0 Å². The van der Waals surface area contributed by atoms with Crippen molar-refractivity contribution in [2.24, 2.45) is 0 Å². The van der Waals surface area contributed by atoms with Crippen molar-refractivity contribution in [3.8, 4) is 0 Å². The Hall–Kier alpha value is -2.06. The largest absolute Gasteiger partial charge is 0.446 e. The summed E-state index contributed by atoms with van der Waals surface area (Å²) in [6, 6.07) is 8.94. The molecule has 2 fully saturated rings. The monoisotopic (exact) mass is 364 g/mol. The van der Waals surface area contributed by atoms with Crippen LogP contribution in [0.25, 0.3) is 0 Å². The number of thioether (sulfide) groups is 1. The number of benzene rings is 1. The van der Waals surface area contributed by atoms with Crippen molar-refractivity contribution in [3.05, 3.63) is 35.9 Å². The lowest BCUT2D eigenvalue weighted by Crippen LogP contribution is -2.44. The Balaban J connectivity index is 1.70. The van der Waals surface area contributed by atoms with Gasteiger partial charge >= 0.3 is 5.97 Å². The molecule has 134 valence electrons. The van der Waals surface area contributed by atoms with E-state index in [0.29, 0.717) is 44.2 Å². The molecule has 7 nitrogen and oxygen atoms in total. The minimum absolute atomic E-state index is 0.132. The number of ether oxygens (including phenoxy) is 2. The smallest absolute Gasteiger partial charge is 0.326 e. The lowest BCUT2D eigenvalue weighted by Gasteiger charge is -2.30. The lowest BCUT2D eigenvalue weighted by molar-refractivity contribution is -0.163. The third-order valence-corrected chi connectivity index (χ3v) is 4.96. The molecule has 0 spiro atoms. The van der Waals surface area contributed by atoms with Crippen molar-refractivity contribution in [2.45, 2.75) is 6.10 Å². The summed E-state index contributed by atoms with van der Waals surface area (Å²) in [6.07, 6.45) is -1.00. The Bertz CT molecular complexity index is 633. The summed E-state index contributed by atoms with van der Waals surface area (Å²) >= 11 is 1.18. The van der Waals surface area contributed by atoms with Crippen molar-refractivity contribution < 1.29 is 23.9 Å². The molecule has 0 N–H and O–H groups in total. The van der Waals surface area contributed by atoms with Crippen LogP contribution in [-0.4, -0.2) is 72.1 Å². The highest BCUT2D eigenvalue weighted by molar-refractivity contribution is 8.13. The van der Waals surface area contributed by atoms with Crippen molar-refractivity contribution in [3.63, 3.8) is 0 Å². The highest BCUT2D eigenvalue weighted by Crippen LogP contribution is 2.22. The van der Waals surface area contributed by atoms with E-state index in [1.54, 1.807) is 29.2 Å². The average molecular weight is 364 g/mol. The van der Waals surface area contributed by atoms with Gasteiger partial charge in [0.1, 0.15) is 6.54 Å². The van der Waals surface area contributed by atoms with Crippen LogP contribution in [0.15, 0.2) is 30.3 Å². The first-order valence-electron chi connectivity index (χ1n) is 8.18. The third-order valence-electron chi connectivity index (χ3n) is 4.06. The fraction of sp³-hybridized carbons (Fsp3) is 0.471. The van der Waals surface area contributed by atoms with Crippen LogP contribution in [-0.2, 0) is 19.1 Å². The summed E-state index contributed by atoms with van der Waals surface area (Å²) in [6.45, 7) is 2.28. The number of hydrogen-bond donors (Lipinski definition) is 0. The van der Waals surface area contributed by atoms with Gasteiger partial charge in [-0.25, -0.2) is 0 Å². The standard InChI is InChI=1S/C17H20N2O5S/c20-14(12-19-8-11-25-17(19)22)24-15(13-4-2-1-3-5-13)16(21)18-6-9-23-10-7-18/h1-5,15H,6-12H2/t15-/m0/s1. The Morgan fingerprint density at radius 3 is 2.52 bits per heavy atom. The van der Waals surface area contributed by atoms with Crippen LogP contribution in [0.5, 0.6) is 0 Å². The molecule has 0 radical (unpaired) electrons. The van der Waals surface area contributed by atoms with Gasteiger partial charge in [0.25, 0.3) is 11.1 Å². The molecule has 8 heteroatoms. The number of rotatable bonds is 5. The first-order chi connectivity index (χ1) is 12.1. The normalized spacial score (nSPS) is 19.0. The van der Waals surface area contributed by atoms with E-state index < -0.39 is 12.1 Å². The van der Waals surface area contributed by atoms with E-state index in [4.69, 9.17) is 9.47 Å². The second-order valence-corrected chi connectivity index (χ2v) is 6.80. The summed E-state index contributed by atoms with van der Waals surface area (Å²) in [5, 5.41) is -0.132. The van der Waals surface area contributed by atoms with Gasteiger partial charge in [0.15, 0.2) is 0 Å². The second-order valence-electron chi connectivity index (χ2n) is 5.75. The summed E-state index contributed by atoms with van der Waals surface area (Å²) in [4.78, 5) is 39.9. The van der Waals surface area contributed by atoms with E-state index in [-0.39, 0.29) is 17.7 Å². The molecule has 2 aliphatic rings. The van der Waals surface area contributed by atoms with Gasteiger partial charge in [-0.05, 0) is 0 Å². The zero-order valence-corrected chi connectivity index (χ0v) is 14.6. The molecule has 2 heterocycles.